The Bertz CT molecular complexity index is 815. The SMILES string of the molecule is COc1ccc(S(=O)(=O)NCc2scnc2C)cc1NC(C)=O. The summed E-state index contributed by atoms with van der Waals surface area (Å²) in [6, 6.07) is 4.28. The molecule has 0 atom stereocenters. The van der Waals surface area contributed by atoms with Crippen molar-refractivity contribution in [3.05, 3.63) is 34.3 Å². The molecule has 0 radical (unpaired) electrons. The minimum absolute atomic E-state index is 0.0456. The lowest BCUT2D eigenvalue weighted by Crippen LogP contribution is -2.23. The van der Waals surface area contributed by atoms with Crippen molar-refractivity contribution in [2.24, 2.45) is 0 Å². The maximum atomic E-state index is 12.4. The Hall–Kier alpha value is -1.97. The van der Waals surface area contributed by atoms with Gasteiger partial charge in [-0.05, 0) is 25.1 Å². The molecule has 1 aromatic carbocycles. The number of hydrogen-bond acceptors (Lipinski definition) is 6. The van der Waals surface area contributed by atoms with Gasteiger partial charge in [-0.2, -0.15) is 0 Å². The maximum absolute atomic E-state index is 12.4. The van der Waals surface area contributed by atoms with Crippen LogP contribution in [0.5, 0.6) is 5.75 Å². The van der Waals surface area contributed by atoms with Gasteiger partial charge in [-0.25, -0.2) is 18.1 Å². The third-order valence-corrected chi connectivity index (χ3v) is 5.39. The molecule has 7 nitrogen and oxygen atoms in total. The lowest BCUT2D eigenvalue weighted by molar-refractivity contribution is -0.114. The van der Waals surface area contributed by atoms with Crippen LogP contribution in [0.3, 0.4) is 0 Å². The van der Waals surface area contributed by atoms with Crippen molar-refractivity contribution in [3.8, 4) is 5.75 Å². The number of nitrogens with zero attached hydrogens (tertiary/aromatic N) is 1. The van der Waals surface area contributed by atoms with E-state index in [4.69, 9.17) is 4.74 Å². The van der Waals surface area contributed by atoms with Crippen LogP contribution in [0.15, 0.2) is 28.6 Å². The van der Waals surface area contributed by atoms with Gasteiger partial charge < -0.3 is 10.1 Å². The van der Waals surface area contributed by atoms with E-state index in [0.717, 1.165) is 10.6 Å². The number of anilines is 1. The average molecular weight is 355 g/mol. The molecule has 2 N–H and O–H groups in total. The van der Waals surface area contributed by atoms with Crippen LogP contribution in [0.25, 0.3) is 0 Å². The molecule has 2 rings (SSSR count). The van der Waals surface area contributed by atoms with Gasteiger partial charge in [0.1, 0.15) is 5.75 Å². The van der Waals surface area contributed by atoms with Crippen LogP contribution < -0.4 is 14.8 Å². The first kappa shape index (κ1) is 17.4. The fraction of sp³-hybridized carbons (Fsp3) is 0.286. The van der Waals surface area contributed by atoms with Gasteiger partial charge in [-0.1, -0.05) is 0 Å². The maximum Gasteiger partial charge on any atom is 0.240 e. The molecular formula is C14H17N3O4S2. The van der Waals surface area contributed by atoms with Crippen LogP contribution >= 0.6 is 11.3 Å². The number of aryl methyl sites for hydroxylation is 1. The van der Waals surface area contributed by atoms with Crippen molar-refractivity contribution in [2.75, 3.05) is 12.4 Å². The van der Waals surface area contributed by atoms with Gasteiger partial charge in [0, 0.05) is 18.3 Å². The van der Waals surface area contributed by atoms with Crippen LogP contribution in [0.2, 0.25) is 0 Å². The zero-order chi connectivity index (χ0) is 17.0. The number of benzene rings is 1. The van der Waals surface area contributed by atoms with Crippen molar-refractivity contribution >= 4 is 33.0 Å². The molecule has 1 heterocycles. The lowest BCUT2D eigenvalue weighted by Gasteiger charge is -2.12. The second-order valence-electron chi connectivity index (χ2n) is 4.73. The lowest BCUT2D eigenvalue weighted by atomic mass is 10.3. The van der Waals surface area contributed by atoms with Crippen molar-refractivity contribution in [1.29, 1.82) is 0 Å². The number of sulfonamides is 1. The Morgan fingerprint density at radius 1 is 1.39 bits per heavy atom. The van der Waals surface area contributed by atoms with Gasteiger partial charge in [0.2, 0.25) is 15.9 Å². The number of nitrogens with one attached hydrogen (secondary N) is 2. The van der Waals surface area contributed by atoms with E-state index in [1.54, 1.807) is 5.51 Å². The molecule has 0 spiro atoms. The van der Waals surface area contributed by atoms with Crippen LogP contribution in [0, 0.1) is 6.92 Å². The van der Waals surface area contributed by atoms with E-state index in [0.29, 0.717) is 11.4 Å². The number of thiazole rings is 1. The van der Waals surface area contributed by atoms with Gasteiger partial charge in [-0.3, -0.25) is 4.79 Å². The summed E-state index contributed by atoms with van der Waals surface area (Å²) in [6.07, 6.45) is 0. The summed E-state index contributed by atoms with van der Waals surface area (Å²) in [5.41, 5.74) is 2.77. The predicted octanol–water partition coefficient (Wildman–Crippen LogP) is 1.90. The molecule has 9 heteroatoms. The molecular weight excluding hydrogens is 338 g/mol. The highest BCUT2D eigenvalue weighted by Gasteiger charge is 2.17. The first-order valence-corrected chi connectivity index (χ1v) is 9.04. The van der Waals surface area contributed by atoms with Crippen LogP contribution in [-0.4, -0.2) is 26.4 Å². The fourth-order valence-electron chi connectivity index (χ4n) is 1.88. The van der Waals surface area contributed by atoms with E-state index in [9.17, 15) is 13.2 Å². The van der Waals surface area contributed by atoms with Crippen molar-refractivity contribution in [2.45, 2.75) is 25.3 Å². The monoisotopic (exact) mass is 355 g/mol. The number of carbonyl (C=O) groups excluding carboxylic acids is 1. The Labute approximate surface area is 138 Å². The second-order valence-corrected chi connectivity index (χ2v) is 7.44. The molecule has 2 aromatic rings. The number of amides is 1. The molecule has 0 saturated carbocycles. The summed E-state index contributed by atoms with van der Waals surface area (Å²) in [7, 11) is -2.27. The van der Waals surface area contributed by atoms with Gasteiger partial charge >= 0.3 is 0 Å². The molecule has 0 aliphatic carbocycles. The summed E-state index contributed by atoms with van der Waals surface area (Å²) >= 11 is 1.39. The molecule has 23 heavy (non-hydrogen) atoms. The normalized spacial score (nSPS) is 11.3. The quantitative estimate of drug-likeness (QED) is 0.825. The van der Waals surface area contributed by atoms with Crippen LogP contribution in [0.1, 0.15) is 17.5 Å². The van der Waals surface area contributed by atoms with Gasteiger partial charge in [0.05, 0.1) is 28.9 Å². The molecule has 0 unspecified atom stereocenters. The average Bonchev–Trinajstić information content (AvgIpc) is 2.90. The third kappa shape index (κ3) is 4.27. The standard InChI is InChI=1S/C14H17N3O4S2/c1-9-14(22-8-15-9)7-16-23(19,20)11-4-5-13(21-3)12(6-11)17-10(2)18/h4-6,8,16H,7H2,1-3H3,(H,17,18). The highest BCUT2D eigenvalue weighted by molar-refractivity contribution is 7.89. The number of carbonyl (C=O) groups is 1. The third-order valence-electron chi connectivity index (χ3n) is 3.06. The first-order valence-electron chi connectivity index (χ1n) is 6.67. The molecule has 0 bridgehead atoms. The van der Waals surface area contributed by atoms with Crippen LogP contribution in [0.4, 0.5) is 5.69 Å². The number of aromatic nitrogens is 1. The molecule has 0 aliphatic rings. The van der Waals surface area contributed by atoms with E-state index in [1.165, 1.54) is 43.6 Å². The van der Waals surface area contributed by atoms with E-state index in [-0.39, 0.29) is 17.3 Å². The minimum atomic E-state index is -3.71. The largest absolute Gasteiger partial charge is 0.495 e. The Balaban J connectivity index is 2.25. The van der Waals surface area contributed by atoms with E-state index < -0.39 is 10.0 Å². The zero-order valence-electron chi connectivity index (χ0n) is 12.9. The molecule has 0 saturated heterocycles. The molecule has 1 aromatic heterocycles. The van der Waals surface area contributed by atoms with Crippen LogP contribution in [-0.2, 0) is 21.4 Å². The highest BCUT2D eigenvalue weighted by Crippen LogP contribution is 2.27. The predicted molar refractivity (Wildman–Crippen MR) is 88.2 cm³/mol. The summed E-state index contributed by atoms with van der Waals surface area (Å²) in [4.78, 5) is 16.2. The molecule has 124 valence electrons. The van der Waals surface area contributed by atoms with Crippen molar-refractivity contribution in [3.63, 3.8) is 0 Å². The van der Waals surface area contributed by atoms with E-state index in [2.05, 4.69) is 15.0 Å². The Kier molecular flexibility index (Phi) is 5.34. The summed E-state index contributed by atoms with van der Waals surface area (Å²) in [6.45, 7) is 3.33. The number of hydrogen-bond donors (Lipinski definition) is 2. The summed E-state index contributed by atoms with van der Waals surface area (Å²) in [5.74, 6) is 0.0727. The smallest absolute Gasteiger partial charge is 0.240 e. The van der Waals surface area contributed by atoms with Crippen molar-refractivity contribution < 1.29 is 17.9 Å². The summed E-state index contributed by atoms with van der Waals surface area (Å²) < 4.78 is 32.4. The molecule has 0 aliphatic heterocycles. The molecule has 1 amide bonds. The number of ether oxygens (including phenoxy) is 1. The fourth-order valence-corrected chi connectivity index (χ4v) is 3.71. The Morgan fingerprint density at radius 3 is 2.70 bits per heavy atom. The van der Waals surface area contributed by atoms with E-state index >= 15 is 0 Å². The van der Waals surface area contributed by atoms with Gasteiger partial charge in [0.25, 0.3) is 0 Å². The number of rotatable bonds is 6. The highest BCUT2D eigenvalue weighted by atomic mass is 32.2. The van der Waals surface area contributed by atoms with Gasteiger partial charge in [-0.15, -0.1) is 11.3 Å². The second kappa shape index (κ2) is 7.07. The number of methoxy groups -OCH3 is 1. The van der Waals surface area contributed by atoms with Gasteiger partial charge in [0.15, 0.2) is 0 Å². The first-order chi connectivity index (χ1) is 10.8. The minimum Gasteiger partial charge on any atom is -0.495 e. The Morgan fingerprint density at radius 2 is 2.13 bits per heavy atom. The van der Waals surface area contributed by atoms with Crippen molar-refractivity contribution in [1.82, 2.24) is 9.71 Å². The van der Waals surface area contributed by atoms with E-state index in [1.807, 2.05) is 6.92 Å². The summed E-state index contributed by atoms with van der Waals surface area (Å²) in [5, 5.41) is 2.55. The topological polar surface area (TPSA) is 97.4 Å². The zero-order valence-corrected chi connectivity index (χ0v) is 14.5. The molecule has 0 fully saturated rings.